The maximum absolute atomic E-state index is 12.4. The van der Waals surface area contributed by atoms with Crippen LogP contribution >= 0.6 is 11.6 Å². The molecule has 1 aromatic carbocycles. The van der Waals surface area contributed by atoms with Crippen molar-refractivity contribution >= 4 is 28.4 Å². The van der Waals surface area contributed by atoms with Crippen LogP contribution in [0, 0.1) is 0 Å². The molecule has 0 spiro atoms. The fraction of sp³-hybridized carbons (Fsp3) is 0.350. The molecule has 1 N–H and O–H groups in total. The van der Waals surface area contributed by atoms with Crippen LogP contribution in [0.15, 0.2) is 48.9 Å². The summed E-state index contributed by atoms with van der Waals surface area (Å²) in [5.41, 5.74) is 1.08. The lowest BCUT2D eigenvalue weighted by atomic mass is 9.93. The minimum Gasteiger partial charge on any atom is -0.460 e. The third kappa shape index (κ3) is 4.39. The van der Waals surface area contributed by atoms with Crippen molar-refractivity contribution in [1.29, 1.82) is 0 Å². The van der Waals surface area contributed by atoms with E-state index in [0.29, 0.717) is 17.6 Å². The van der Waals surface area contributed by atoms with E-state index in [1.54, 1.807) is 0 Å². The fourth-order valence-corrected chi connectivity index (χ4v) is 3.64. The normalized spacial score (nSPS) is 19.7. The number of halogens is 1. The molecule has 7 heteroatoms. The van der Waals surface area contributed by atoms with Crippen molar-refractivity contribution in [3.05, 3.63) is 53.9 Å². The van der Waals surface area contributed by atoms with E-state index in [-0.39, 0.29) is 18.1 Å². The zero-order valence-corrected chi connectivity index (χ0v) is 15.6. The van der Waals surface area contributed by atoms with Crippen molar-refractivity contribution in [1.82, 2.24) is 19.9 Å². The highest BCUT2D eigenvalue weighted by Gasteiger charge is 2.24. The van der Waals surface area contributed by atoms with Gasteiger partial charge in [-0.15, -0.1) is 0 Å². The number of amides is 1. The molecule has 6 nitrogen and oxygen atoms in total. The van der Waals surface area contributed by atoms with Gasteiger partial charge in [-0.05, 0) is 43.2 Å². The van der Waals surface area contributed by atoms with Gasteiger partial charge in [0, 0.05) is 17.8 Å². The van der Waals surface area contributed by atoms with E-state index in [1.165, 1.54) is 12.4 Å². The molecule has 0 saturated heterocycles. The van der Waals surface area contributed by atoms with E-state index in [2.05, 4.69) is 21.4 Å². The summed E-state index contributed by atoms with van der Waals surface area (Å²) < 4.78 is 7.78. The van der Waals surface area contributed by atoms with Gasteiger partial charge in [0.15, 0.2) is 0 Å². The maximum Gasteiger partial charge on any atom is 0.316 e. The van der Waals surface area contributed by atoms with Crippen LogP contribution in [0.2, 0.25) is 5.02 Å². The summed E-state index contributed by atoms with van der Waals surface area (Å²) in [4.78, 5) is 20.6. The van der Waals surface area contributed by atoms with Gasteiger partial charge in [0.05, 0.1) is 17.4 Å². The molecule has 1 amide bonds. The second-order valence-corrected chi connectivity index (χ2v) is 7.28. The summed E-state index contributed by atoms with van der Waals surface area (Å²) in [5, 5.41) is 4.79. The number of nitrogens with one attached hydrogen (secondary N) is 1. The minimum atomic E-state index is 0.0433. The van der Waals surface area contributed by atoms with E-state index >= 15 is 0 Å². The molecule has 2 aromatic heterocycles. The summed E-state index contributed by atoms with van der Waals surface area (Å²) in [7, 11) is 0. The number of hydrogen-bond acceptors (Lipinski definition) is 4. The zero-order valence-electron chi connectivity index (χ0n) is 14.8. The number of carbonyl (C=O) groups is 1. The Labute approximate surface area is 162 Å². The van der Waals surface area contributed by atoms with E-state index in [1.807, 2.05) is 35.0 Å². The first kappa shape index (κ1) is 17.8. The Kier molecular flexibility index (Phi) is 5.25. The number of aromatic nitrogens is 3. The Bertz CT molecular complexity index is 917. The topological polar surface area (TPSA) is 69.0 Å². The number of fused-ring (bicyclic) bond motifs is 1. The van der Waals surface area contributed by atoms with Gasteiger partial charge in [0.2, 0.25) is 5.91 Å². The molecule has 1 saturated carbocycles. The molecule has 2 heterocycles. The highest BCUT2D eigenvalue weighted by molar-refractivity contribution is 6.30. The summed E-state index contributed by atoms with van der Waals surface area (Å²) in [6.45, 7) is 0.336. The molecule has 0 bridgehead atoms. The highest BCUT2D eigenvalue weighted by atomic mass is 35.5. The van der Waals surface area contributed by atoms with Gasteiger partial charge in [0.25, 0.3) is 0 Å². The molecule has 0 aliphatic heterocycles. The van der Waals surface area contributed by atoms with Gasteiger partial charge in [-0.1, -0.05) is 29.8 Å². The number of benzene rings is 1. The number of para-hydroxylation sites is 1. The average Bonchev–Trinajstić information content (AvgIpc) is 3.08. The Morgan fingerprint density at radius 2 is 1.89 bits per heavy atom. The largest absolute Gasteiger partial charge is 0.460 e. The average molecular weight is 385 g/mol. The van der Waals surface area contributed by atoms with Crippen LogP contribution in [0.5, 0.6) is 6.01 Å². The first-order valence-electron chi connectivity index (χ1n) is 9.15. The Morgan fingerprint density at radius 3 is 2.67 bits per heavy atom. The summed E-state index contributed by atoms with van der Waals surface area (Å²) >= 11 is 5.78. The molecule has 27 heavy (non-hydrogen) atoms. The Morgan fingerprint density at radius 1 is 1.15 bits per heavy atom. The van der Waals surface area contributed by atoms with Crippen molar-refractivity contribution in [2.45, 2.75) is 44.4 Å². The molecular formula is C20H21ClN4O2. The lowest BCUT2D eigenvalue weighted by Crippen LogP contribution is -2.41. The predicted octanol–water partition coefficient (Wildman–Crippen LogP) is 3.59. The minimum absolute atomic E-state index is 0.0433. The monoisotopic (exact) mass is 384 g/mol. The van der Waals surface area contributed by atoms with Crippen LogP contribution in [0.4, 0.5) is 0 Å². The molecular weight excluding hydrogens is 364 g/mol. The smallest absolute Gasteiger partial charge is 0.316 e. The van der Waals surface area contributed by atoms with Crippen LogP contribution in [0.1, 0.15) is 25.7 Å². The van der Waals surface area contributed by atoms with E-state index < -0.39 is 0 Å². The van der Waals surface area contributed by atoms with Gasteiger partial charge in [0.1, 0.15) is 12.6 Å². The number of rotatable bonds is 5. The van der Waals surface area contributed by atoms with Gasteiger partial charge in [-0.3, -0.25) is 4.79 Å². The Hall–Kier alpha value is -2.60. The van der Waals surface area contributed by atoms with Crippen LogP contribution in [-0.2, 0) is 11.3 Å². The van der Waals surface area contributed by atoms with Crippen LogP contribution in [-0.4, -0.2) is 32.6 Å². The quantitative estimate of drug-likeness (QED) is 0.729. The molecule has 1 aliphatic rings. The van der Waals surface area contributed by atoms with Gasteiger partial charge < -0.3 is 14.6 Å². The molecule has 0 atom stereocenters. The second-order valence-electron chi connectivity index (χ2n) is 6.85. The van der Waals surface area contributed by atoms with Crippen LogP contribution in [0.3, 0.4) is 0 Å². The second kappa shape index (κ2) is 7.96. The standard InChI is InChI=1S/C20H21ClN4O2/c21-15-11-22-20(23-12-15)27-17-7-5-16(6-8-17)24-19(26)13-25-10-9-14-3-1-2-4-18(14)25/h1-4,9-12,16-17H,5-8,13H2,(H,24,26). The number of nitrogens with zero attached hydrogens (tertiary/aromatic N) is 3. The predicted molar refractivity (Wildman–Crippen MR) is 104 cm³/mol. The SMILES string of the molecule is O=C(Cn1ccc2ccccc21)NC1CCC(Oc2ncc(Cl)cn2)CC1. The summed E-state index contributed by atoms with van der Waals surface area (Å²) in [6, 6.07) is 10.6. The van der Waals surface area contributed by atoms with Crippen molar-refractivity contribution < 1.29 is 9.53 Å². The first-order valence-corrected chi connectivity index (χ1v) is 9.52. The van der Waals surface area contributed by atoms with Crippen LogP contribution in [0.25, 0.3) is 10.9 Å². The van der Waals surface area contributed by atoms with Crippen molar-refractivity contribution in [3.8, 4) is 6.01 Å². The third-order valence-corrected chi connectivity index (χ3v) is 5.10. The molecule has 3 aromatic rings. The highest BCUT2D eigenvalue weighted by Crippen LogP contribution is 2.22. The number of hydrogen-bond donors (Lipinski definition) is 1. The third-order valence-electron chi connectivity index (χ3n) is 4.90. The van der Waals surface area contributed by atoms with Crippen molar-refractivity contribution in [2.24, 2.45) is 0 Å². The molecule has 0 unspecified atom stereocenters. The molecule has 1 fully saturated rings. The molecule has 140 valence electrons. The molecule has 1 aliphatic carbocycles. The van der Waals surface area contributed by atoms with Crippen molar-refractivity contribution in [3.63, 3.8) is 0 Å². The first-order chi connectivity index (χ1) is 13.2. The lowest BCUT2D eigenvalue weighted by molar-refractivity contribution is -0.122. The van der Waals surface area contributed by atoms with E-state index in [9.17, 15) is 4.79 Å². The fourth-order valence-electron chi connectivity index (χ4n) is 3.54. The zero-order chi connectivity index (χ0) is 18.6. The van der Waals surface area contributed by atoms with E-state index in [0.717, 1.165) is 36.6 Å². The molecule has 0 radical (unpaired) electrons. The summed E-state index contributed by atoms with van der Waals surface area (Å²) in [6.07, 6.45) is 8.59. The maximum atomic E-state index is 12.4. The van der Waals surface area contributed by atoms with Crippen molar-refractivity contribution in [2.75, 3.05) is 0 Å². The van der Waals surface area contributed by atoms with Gasteiger partial charge in [-0.2, -0.15) is 0 Å². The molecule has 4 rings (SSSR count). The van der Waals surface area contributed by atoms with E-state index in [4.69, 9.17) is 16.3 Å². The van der Waals surface area contributed by atoms with Gasteiger partial charge in [-0.25, -0.2) is 9.97 Å². The van der Waals surface area contributed by atoms with Crippen LogP contribution < -0.4 is 10.1 Å². The Balaban J connectivity index is 1.26. The number of carbonyl (C=O) groups excluding carboxylic acids is 1. The lowest BCUT2D eigenvalue weighted by Gasteiger charge is -2.28. The van der Waals surface area contributed by atoms with Gasteiger partial charge >= 0.3 is 6.01 Å². The summed E-state index contributed by atoms with van der Waals surface area (Å²) in [5.74, 6) is 0.0433. The number of ether oxygens (including phenoxy) is 1.